The van der Waals surface area contributed by atoms with Gasteiger partial charge >= 0.3 is 0 Å². The van der Waals surface area contributed by atoms with Gasteiger partial charge in [-0.05, 0) is 6.04 Å². The Morgan fingerprint density at radius 2 is 2.33 bits per heavy atom. The minimum absolute atomic E-state index is 0.239. The predicted octanol–water partition coefficient (Wildman–Crippen LogP) is 2.53. The Labute approximate surface area is 64.2 Å². The number of pyridine rings is 1. The van der Waals surface area contributed by atoms with Crippen LogP contribution in [0.25, 0.3) is 0 Å². The third-order valence-electron chi connectivity index (χ3n) is 0.653. The summed E-state index contributed by atoms with van der Waals surface area (Å²) in [5.74, 6) is -1.04. The van der Waals surface area contributed by atoms with Gasteiger partial charge in [-0.3, -0.25) is 0 Å². The van der Waals surface area contributed by atoms with Crippen LogP contribution in [0, 0.1) is 5.95 Å². The molecule has 1 rings (SSSR count). The summed E-state index contributed by atoms with van der Waals surface area (Å²) in [5, 5.41) is -0.692. The van der Waals surface area contributed by atoms with Gasteiger partial charge in [0.1, 0.15) is 0 Å². The van der Waals surface area contributed by atoms with E-state index in [1.54, 1.807) is 0 Å². The van der Waals surface area contributed by atoms with Gasteiger partial charge in [0.15, 0.2) is 0 Å². The quantitative estimate of drug-likeness (QED) is 0.542. The smallest absolute Gasteiger partial charge is 0.225 e. The van der Waals surface area contributed by atoms with Gasteiger partial charge in [0.05, 0.1) is 12.8 Å². The molecule has 1 aromatic rings. The van der Waals surface area contributed by atoms with Crippen molar-refractivity contribution in [3.05, 3.63) is 28.2 Å². The zero-order valence-electron chi connectivity index (χ0n) is 6.08. The molecule has 0 saturated heterocycles. The molecule has 4 heteroatoms. The van der Waals surface area contributed by atoms with Crippen LogP contribution in [0.3, 0.4) is 0 Å². The molecule has 9 heavy (non-hydrogen) atoms. The van der Waals surface area contributed by atoms with Gasteiger partial charge in [-0.15, -0.1) is 0 Å². The predicted molar refractivity (Wildman–Crippen MR) is 34.2 cm³/mol. The fourth-order valence-corrected chi connectivity index (χ4v) is 0.645. The first-order valence-electron chi connectivity index (χ1n) is 3.01. The van der Waals surface area contributed by atoms with Crippen LogP contribution >= 0.6 is 23.2 Å². The van der Waals surface area contributed by atoms with Gasteiger partial charge in [-0.2, -0.15) is 4.39 Å². The highest BCUT2D eigenvalue weighted by Gasteiger charge is 1.98. The van der Waals surface area contributed by atoms with E-state index in [4.69, 9.17) is 25.9 Å². The molecule has 0 unspecified atom stereocenters. The third-order valence-corrected chi connectivity index (χ3v) is 1.08. The first kappa shape index (κ1) is 4.47. The van der Waals surface area contributed by atoms with Crippen molar-refractivity contribution in [3.8, 4) is 0 Å². The fourth-order valence-electron chi connectivity index (χ4n) is 0.323. The largest absolute Gasteiger partial charge is 0.231 e. The second-order valence-electron chi connectivity index (χ2n) is 1.27. The summed E-state index contributed by atoms with van der Waals surface area (Å²) in [4.78, 5) is 3.05. The van der Waals surface area contributed by atoms with E-state index in [1.807, 2.05) is 0 Å². The molecule has 0 aliphatic carbocycles. The van der Waals surface area contributed by atoms with Gasteiger partial charge in [0.25, 0.3) is 0 Å². The lowest BCUT2D eigenvalue weighted by atomic mass is 10.5. The normalized spacial score (nSPS) is 12.8. The molecule has 1 heterocycles. The van der Waals surface area contributed by atoms with Crippen molar-refractivity contribution in [1.29, 1.82) is 0 Å². The summed E-state index contributed by atoms with van der Waals surface area (Å²) < 4.78 is 26.5. The van der Waals surface area contributed by atoms with E-state index in [9.17, 15) is 4.39 Å². The van der Waals surface area contributed by atoms with Crippen molar-refractivity contribution in [2.24, 2.45) is 0 Å². The lowest BCUT2D eigenvalue weighted by Crippen LogP contribution is -1.80. The van der Waals surface area contributed by atoms with E-state index in [0.29, 0.717) is 0 Å². The highest BCUT2D eigenvalue weighted by Crippen LogP contribution is 2.16. The Bertz CT molecular complexity index is 279. The van der Waals surface area contributed by atoms with Crippen molar-refractivity contribution in [2.75, 3.05) is 0 Å². The molecule has 1 nitrogen and oxygen atoms in total. The molecule has 0 spiro atoms. The molecule has 0 radical (unpaired) electrons. The molecule has 0 bridgehead atoms. The molecular formula is C5H2Cl2FN. The van der Waals surface area contributed by atoms with Crippen molar-refractivity contribution < 1.29 is 7.13 Å². The maximum atomic E-state index is 12.5. The Balaban J connectivity index is 3.46. The summed E-state index contributed by atoms with van der Waals surface area (Å²) in [5.41, 5.74) is 0. The van der Waals surface area contributed by atoms with Gasteiger partial charge in [-0.1, -0.05) is 23.2 Å². The van der Waals surface area contributed by atoms with Gasteiger partial charge in [0, 0.05) is 6.17 Å². The van der Waals surface area contributed by atoms with Crippen LogP contribution in [0.5, 0.6) is 0 Å². The average molecular weight is 168 g/mol. The van der Waals surface area contributed by atoms with E-state index < -0.39 is 23.2 Å². The summed E-state index contributed by atoms with van der Waals surface area (Å²) in [6, 6.07) is -0.397. The van der Waals surface area contributed by atoms with Crippen LogP contribution in [0.15, 0.2) is 12.2 Å². The first-order valence-corrected chi connectivity index (χ1v) is 2.77. The monoisotopic (exact) mass is 167 g/mol. The molecule has 0 aromatic carbocycles. The second-order valence-corrected chi connectivity index (χ2v) is 2.02. The molecule has 48 valence electrons. The van der Waals surface area contributed by atoms with E-state index in [1.165, 1.54) is 0 Å². The van der Waals surface area contributed by atoms with Crippen molar-refractivity contribution in [2.45, 2.75) is 0 Å². The lowest BCUT2D eigenvalue weighted by molar-refractivity contribution is 0.584. The molecule has 0 amide bonds. The highest BCUT2D eigenvalue weighted by molar-refractivity contribution is 6.34. The molecule has 0 N–H and O–H groups in total. The van der Waals surface area contributed by atoms with Crippen LogP contribution < -0.4 is 0 Å². The fraction of sp³-hybridized carbons (Fsp3) is 0. The van der Waals surface area contributed by atoms with Gasteiger partial charge in [-0.25, -0.2) is 4.98 Å². The Morgan fingerprint density at radius 1 is 1.67 bits per heavy atom. The standard InChI is InChI=1S/C5H2Cl2FN/c6-3-1-4(7)5(8)9-2-3/h1-2H/i1D,2D. The van der Waals surface area contributed by atoms with Crippen LogP contribution in [0.2, 0.25) is 10.0 Å². The first-order chi connectivity index (χ1) is 5.04. The summed E-state index contributed by atoms with van der Waals surface area (Å²) >= 11 is 10.6. The Morgan fingerprint density at radius 3 is 3.00 bits per heavy atom. The molecular weight excluding hydrogens is 164 g/mol. The van der Waals surface area contributed by atoms with Crippen LogP contribution in [-0.4, -0.2) is 4.98 Å². The number of aromatic nitrogens is 1. The number of nitrogens with zero attached hydrogens (tertiary/aromatic N) is 1. The topological polar surface area (TPSA) is 12.9 Å². The number of hydrogen-bond acceptors (Lipinski definition) is 1. The zero-order chi connectivity index (χ0) is 8.59. The van der Waals surface area contributed by atoms with Crippen molar-refractivity contribution in [1.82, 2.24) is 4.98 Å². The minimum Gasteiger partial charge on any atom is -0.225 e. The van der Waals surface area contributed by atoms with Crippen LogP contribution in [0.4, 0.5) is 4.39 Å². The Hall–Kier alpha value is -0.340. The molecule has 0 aliphatic heterocycles. The van der Waals surface area contributed by atoms with Crippen LogP contribution in [0.1, 0.15) is 2.74 Å². The zero-order valence-corrected chi connectivity index (χ0v) is 5.59. The molecule has 0 atom stereocenters. The van der Waals surface area contributed by atoms with Crippen molar-refractivity contribution in [3.63, 3.8) is 0 Å². The van der Waals surface area contributed by atoms with Gasteiger partial charge in [0.2, 0.25) is 5.95 Å². The average Bonchev–Trinajstić information content (AvgIpc) is 1.97. The number of rotatable bonds is 0. The summed E-state index contributed by atoms with van der Waals surface area (Å²) in [6.45, 7) is 0. The van der Waals surface area contributed by atoms with E-state index >= 15 is 0 Å². The lowest BCUT2D eigenvalue weighted by Gasteiger charge is -1.90. The molecule has 0 aliphatic rings. The minimum atomic E-state index is -1.04. The maximum Gasteiger partial charge on any atom is 0.231 e. The highest BCUT2D eigenvalue weighted by atomic mass is 35.5. The van der Waals surface area contributed by atoms with Crippen molar-refractivity contribution >= 4 is 23.2 Å². The van der Waals surface area contributed by atoms with Crippen LogP contribution in [-0.2, 0) is 0 Å². The maximum absolute atomic E-state index is 12.5. The third kappa shape index (κ3) is 1.53. The Kier molecular flexibility index (Phi) is 1.24. The summed E-state index contributed by atoms with van der Waals surface area (Å²) in [6.07, 6.45) is -0.474. The summed E-state index contributed by atoms with van der Waals surface area (Å²) in [7, 11) is 0. The van der Waals surface area contributed by atoms with E-state index in [2.05, 4.69) is 4.98 Å². The van der Waals surface area contributed by atoms with Gasteiger partial charge < -0.3 is 0 Å². The SMILES string of the molecule is [2H]c1nc(F)c(Cl)c([2H])c1Cl. The molecule has 1 aromatic heterocycles. The molecule has 0 saturated carbocycles. The number of hydrogen-bond donors (Lipinski definition) is 0. The van der Waals surface area contributed by atoms with E-state index in [-0.39, 0.29) is 5.02 Å². The second kappa shape index (κ2) is 2.50. The number of halogens is 3. The molecule has 0 fully saturated rings. The van der Waals surface area contributed by atoms with E-state index in [0.717, 1.165) is 0 Å².